The van der Waals surface area contributed by atoms with Crippen LogP contribution in [0.5, 0.6) is 0 Å². The zero-order valence-corrected chi connectivity index (χ0v) is 20.0. The van der Waals surface area contributed by atoms with Gasteiger partial charge in [-0.15, -0.1) is 37.1 Å². The molecule has 0 aromatic rings. The number of guanidine groups is 1. The van der Waals surface area contributed by atoms with E-state index in [9.17, 15) is 8.42 Å². The van der Waals surface area contributed by atoms with Gasteiger partial charge in [-0.3, -0.25) is 9.89 Å². The third-order valence-electron chi connectivity index (χ3n) is 3.97. The van der Waals surface area contributed by atoms with Crippen molar-refractivity contribution in [1.29, 1.82) is 0 Å². The van der Waals surface area contributed by atoms with Crippen molar-refractivity contribution in [3.8, 4) is 0 Å². The van der Waals surface area contributed by atoms with Gasteiger partial charge in [-0.1, -0.05) is 26.0 Å². The predicted molar refractivity (Wildman–Crippen MR) is 124 cm³/mol. The average molecular weight is 500 g/mol. The summed E-state index contributed by atoms with van der Waals surface area (Å²) in [6, 6.07) is 0.330. The Labute approximate surface area is 177 Å². The Morgan fingerprint density at radius 3 is 2.12 bits per heavy atom. The van der Waals surface area contributed by atoms with E-state index >= 15 is 0 Å². The molecule has 2 atom stereocenters. The number of nitrogens with zero attached hydrogens (tertiary/aromatic N) is 2. The first-order valence-corrected chi connectivity index (χ1v) is 10.8. The van der Waals surface area contributed by atoms with Crippen molar-refractivity contribution in [2.45, 2.75) is 39.3 Å². The smallest absolute Gasteiger partial charge is 0.191 e. The Bertz CT molecular complexity index is 525. The molecule has 154 valence electrons. The molecule has 0 saturated heterocycles. The third kappa shape index (κ3) is 12.7. The Kier molecular flexibility index (Phi) is 15.3. The summed E-state index contributed by atoms with van der Waals surface area (Å²) in [5, 5.41) is 6.61. The summed E-state index contributed by atoms with van der Waals surface area (Å²) >= 11 is 0. The molecule has 0 rings (SSSR count). The summed E-state index contributed by atoms with van der Waals surface area (Å²) in [6.45, 7) is 16.3. The van der Waals surface area contributed by atoms with Crippen LogP contribution < -0.4 is 10.6 Å². The first kappa shape index (κ1) is 27.6. The minimum Gasteiger partial charge on any atom is -0.355 e. The van der Waals surface area contributed by atoms with E-state index in [1.165, 1.54) is 6.26 Å². The monoisotopic (exact) mass is 500 g/mol. The maximum Gasteiger partial charge on any atom is 0.191 e. The van der Waals surface area contributed by atoms with Crippen LogP contribution >= 0.6 is 24.0 Å². The van der Waals surface area contributed by atoms with Crippen LogP contribution in [-0.4, -0.2) is 70.1 Å². The van der Waals surface area contributed by atoms with Crippen molar-refractivity contribution >= 4 is 39.8 Å². The molecule has 0 saturated carbocycles. The minimum atomic E-state index is -2.95. The van der Waals surface area contributed by atoms with E-state index in [1.54, 1.807) is 7.05 Å². The second-order valence-corrected chi connectivity index (χ2v) is 9.02. The Balaban J connectivity index is 0. The zero-order chi connectivity index (χ0) is 19.5. The van der Waals surface area contributed by atoms with Gasteiger partial charge in [-0.2, -0.15) is 0 Å². The molecule has 0 heterocycles. The molecule has 0 aliphatic carbocycles. The van der Waals surface area contributed by atoms with Crippen molar-refractivity contribution in [3.63, 3.8) is 0 Å². The van der Waals surface area contributed by atoms with Crippen molar-refractivity contribution < 1.29 is 8.42 Å². The van der Waals surface area contributed by atoms with Gasteiger partial charge in [0.25, 0.3) is 0 Å². The Hall–Kier alpha value is -0.610. The molecule has 0 amide bonds. The van der Waals surface area contributed by atoms with Gasteiger partial charge in [-0.05, 0) is 19.3 Å². The van der Waals surface area contributed by atoms with Crippen molar-refractivity contribution in [3.05, 3.63) is 25.3 Å². The molecule has 0 radical (unpaired) electrons. The first-order chi connectivity index (χ1) is 11.6. The maximum atomic E-state index is 11.3. The van der Waals surface area contributed by atoms with Crippen LogP contribution in [0.4, 0.5) is 0 Å². The number of hydrogen-bond donors (Lipinski definition) is 2. The summed E-state index contributed by atoms with van der Waals surface area (Å²) in [4.78, 5) is 6.56. The fraction of sp³-hybridized carbons (Fsp3) is 0.722. The standard InChI is InChI=1S/C18H36N4O2S.HI/c1-8-11-22(12-9-2)17(15(3)4)14-20-18(19-6)21-16(5)10-13-25(7,23)24;/h8-9,15-17H,1-2,10-14H2,3-7H3,(H2,19,20,21);1H. The van der Waals surface area contributed by atoms with Crippen LogP contribution in [0, 0.1) is 5.92 Å². The van der Waals surface area contributed by atoms with Crippen LogP contribution in [0.1, 0.15) is 27.2 Å². The molecule has 8 heteroatoms. The zero-order valence-electron chi connectivity index (χ0n) is 16.9. The van der Waals surface area contributed by atoms with Crippen LogP contribution in [0.3, 0.4) is 0 Å². The molecule has 0 aromatic carbocycles. The average Bonchev–Trinajstić information content (AvgIpc) is 2.51. The molecule has 0 aliphatic heterocycles. The van der Waals surface area contributed by atoms with E-state index in [-0.39, 0.29) is 35.8 Å². The minimum absolute atomic E-state index is 0. The van der Waals surface area contributed by atoms with Gasteiger partial charge in [0.05, 0.1) is 5.75 Å². The van der Waals surface area contributed by atoms with Crippen molar-refractivity contribution in [2.75, 3.05) is 38.7 Å². The highest BCUT2D eigenvalue weighted by atomic mass is 127. The SMILES string of the molecule is C=CCN(CC=C)C(CNC(=NC)NC(C)CCS(C)(=O)=O)C(C)C.I. The fourth-order valence-corrected chi connectivity index (χ4v) is 3.34. The molecule has 2 N–H and O–H groups in total. The molecule has 0 aromatic heterocycles. The van der Waals surface area contributed by atoms with E-state index in [4.69, 9.17) is 0 Å². The second-order valence-electron chi connectivity index (χ2n) is 6.76. The highest BCUT2D eigenvalue weighted by Crippen LogP contribution is 2.10. The number of halogens is 1. The molecule has 2 unspecified atom stereocenters. The summed E-state index contributed by atoms with van der Waals surface area (Å²) in [5.74, 6) is 1.30. The van der Waals surface area contributed by atoms with Gasteiger partial charge < -0.3 is 10.6 Å². The normalized spacial score (nSPS) is 14.5. The van der Waals surface area contributed by atoms with Crippen molar-refractivity contribution in [2.24, 2.45) is 10.9 Å². The summed E-state index contributed by atoms with van der Waals surface area (Å²) in [7, 11) is -1.23. The third-order valence-corrected chi connectivity index (χ3v) is 4.95. The lowest BCUT2D eigenvalue weighted by atomic mass is 10.0. The molecular weight excluding hydrogens is 463 g/mol. The number of hydrogen-bond acceptors (Lipinski definition) is 4. The lowest BCUT2D eigenvalue weighted by molar-refractivity contribution is 0.190. The number of aliphatic imine (C=N–C) groups is 1. The molecule has 26 heavy (non-hydrogen) atoms. The molecule has 0 spiro atoms. The summed E-state index contributed by atoms with van der Waals surface area (Å²) in [5.41, 5.74) is 0. The molecule has 0 fully saturated rings. The molecule has 0 bridgehead atoms. The number of nitrogens with one attached hydrogen (secondary N) is 2. The highest BCUT2D eigenvalue weighted by molar-refractivity contribution is 14.0. The van der Waals surface area contributed by atoms with E-state index < -0.39 is 9.84 Å². The van der Waals surface area contributed by atoms with Gasteiger partial charge in [-0.25, -0.2) is 8.42 Å². The lowest BCUT2D eigenvalue weighted by Gasteiger charge is -2.33. The van der Waals surface area contributed by atoms with Gasteiger partial charge >= 0.3 is 0 Å². The van der Waals surface area contributed by atoms with E-state index in [2.05, 4.69) is 47.5 Å². The van der Waals surface area contributed by atoms with Crippen LogP contribution in [0.2, 0.25) is 0 Å². The largest absolute Gasteiger partial charge is 0.355 e. The van der Waals surface area contributed by atoms with Crippen molar-refractivity contribution in [1.82, 2.24) is 15.5 Å². The quantitative estimate of drug-likeness (QED) is 0.186. The highest BCUT2D eigenvalue weighted by Gasteiger charge is 2.20. The van der Waals surface area contributed by atoms with E-state index in [1.807, 2.05) is 19.1 Å². The lowest BCUT2D eigenvalue weighted by Crippen LogP contribution is -2.51. The van der Waals surface area contributed by atoms with Gasteiger partial charge in [0, 0.05) is 45.0 Å². The van der Waals surface area contributed by atoms with E-state index in [0.717, 1.165) is 19.6 Å². The van der Waals surface area contributed by atoms with E-state index in [0.29, 0.717) is 24.3 Å². The molecule has 0 aliphatic rings. The summed E-state index contributed by atoms with van der Waals surface area (Å²) < 4.78 is 22.6. The number of rotatable bonds is 12. The second kappa shape index (κ2) is 14.4. The maximum absolute atomic E-state index is 11.3. The Morgan fingerprint density at radius 1 is 1.19 bits per heavy atom. The van der Waals surface area contributed by atoms with Gasteiger partial charge in [0.2, 0.25) is 0 Å². The molecule has 6 nitrogen and oxygen atoms in total. The first-order valence-electron chi connectivity index (χ1n) is 8.75. The van der Waals surface area contributed by atoms with Gasteiger partial charge in [0.1, 0.15) is 9.84 Å². The number of sulfone groups is 1. The topological polar surface area (TPSA) is 73.8 Å². The summed E-state index contributed by atoms with van der Waals surface area (Å²) in [6.07, 6.45) is 5.61. The van der Waals surface area contributed by atoms with Gasteiger partial charge in [0.15, 0.2) is 5.96 Å². The van der Waals surface area contributed by atoms with Crippen LogP contribution in [-0.2, 0) is 9.84 Å². The van der Waals surface area contributed by atoms with Crippen LogP contribution in [0.25, 0.3) is 0 Å². The predicted octanol–water partition coefficient (Wildman–Crippen LogP) is 2.29. The molecular formula is C18H37IN4O2S. The van der Waals surface area contributed by atoms with Crippen LogP contribution in [0.15, 0.2) is 30.3 Å². The Morgan fingerprint density at radius 2 is 1.73 bits per heavy atom. The fourth-order valence-electron chi connectivity index (χ4n) is 2.56.